The zero-order chi connectivity index (χ0) is 14.9. The third-order valence-corrected chi connectivity index (χ3v) is 5.05. The number of sulfonamides is 1. The van der Waals surface area contributed by atoms with Gasteiger partial charge in [0, 0.05) is 12.6 Å². The highest BCUT2D eigenvalue weighted by atomic mass is 32.2. The van der Waals surface area contributed by atoms with Crippen LogP contribution in [0.25, 0.3) is 0 Å². The summed E-state index contributed by atoms with van der Waals surface area (Å²) in [7, 11) is -2.19. The van der Waals surface area contributed by atoms with Crippen LogP contribution in [-0.2, 0) is 10.0 Å². The lowest BCUT2D eigenvalue weighted by Gasteiger charge is -2.19. The van der Waals surface area contributed by atoms with E-state index >= 15 is 0 Å². The standard InChI is InChI=1S/C12H14N4O2S2/c1-8-11(7-14-15-8)20(17,18)16(2)10-5-3-4-9(6-10)12(13)19/h3-7H,1-2H3,(H2,13,19)(H,14,15). The number of benzene rings is 1. The Balaban J connectivity index is 2.46. The van der Waals surface area contributed by atoms with Gasteiger partial charge in [0.25, 0.3) is 10.0 Å². The Morgan fingerprint density at radius 1 is 1.45 bits per heavy atom. The molecule has 2 rings (SSSR count). The van der Waals surface area contributed by atoms with Crippen molar-refractivity contribution in [3.63, 3.8) is 0 Å². The van der Waals surface area contributed by atoms with Crippen molar-refractivity contribution >= 4 is 32.9 Å². The molecule has 0 unspecified atom stereocenters. The summed E-state index contributed by atoms with van der Waals surface area (Å²) in [6.07, 6.45) is 1.29. The molecule has 0 amide bonds. The topological polar surface area (TPSA) is 92.1 Å². The summed E-state index contributed by atoms with van der Waals surface area (Å²) in [4.78, 5) is 0.359. The molecule has 106 valence electrons. The third-order valence-electron chi connectivity index (χ3n) is 2.92. The molecule has 0 saturated heterocycles. The molecule has 8 heteroatoms. The predicted molar refractivity (Wildman–Crippen MR) is 81.2 cm³/mol. The fourth-order valence-electron chi connectivity index (χ4n) is 1.74. The number of thiocarbonyl (C=S) groups is 1. The normalized spacial score (nSPS) is 11.3. The van der Waals surface area contributed by atoms with Gasteiger partial charge in [-0.2, -0.15) is 5.10 Å². The fraction of sp³-hybridized carbons (Fsp3) is 0.167. The number of hydrogen-bond acceptors (Lipinski definition) is 4. The molecule has 1 aromatic carbocycles. The Morgan fingerprint density at radius 2 is 2.15 bits per heavy atom. The van der Waals surface area contributed by atoms with Crippen LogP contribution in [0.5, 0.6) is 0 Å². The van der Waals surface area contributed by atoms with Gasteiger partial charge < -0.3 is 5.73 Å². The highest BCUT2D eigenvalue weighted by Gasteiger charge is 2.24. The minimum absolute atomic E-state index is 0.140. The van der Waals surface area contributed by atoms with Crippen molar-refractivity contribution in [2.45, 2.75) is 11.8 Å². The number of anilines is 1. The number of nitrogens with two attached hydrogens (primary N) is 1. The Hall–Kier alpha value is -1.93. The quantitative estimate of drug-likeness (QED) is 0.827. The van der Waals surface area contributed by atoms with E-state index in [1.54, 1.807) is 31.2 Å². The summed E-state index contributed by atoms with van der Waals surface area (Å²) in [6.45, 7) is 1.65. The number of aromatic nitrogens is 2. The van der Waals surface area contributed by atoms with Crippen LogP contribution >= 0.6 is 12.2 Å². The van der Waals surface area contributed by atoms with Gasteiger partial charge in [0.1, 0.15) is 9.88 Å². The first kappa shape index (κ1) is 14.5. The van der Waals surface area contributed by atoms with Crippen molar-refractivity contribution < 1.29 is 8.42 Å². The van der Waals surface area contributed by atoms with E-state index in [0.29, 0.717) is 16.9 Å². The smallest absolute Gasteiger partial charge is 0.267 e. The maximum atomic E-state index is 12.5. The number of hydrogen-bond donors (Lipinski definition) is 2. The first-order valence-electron chi connectivity index (χ1n) is 5.73. The van der Waals surface area contributed by atoms with Crippen molar-refractivity contribution in [3.05, 3.63) is 41.7 Å². The third kappa shape index (κ3) is 2.52. The zero-order valence-electron chi connectivity index (χ0n) is 11.0. The molecule has 0 atom stereocenters. The van der Waals surface area contributed by atoms with Gasteiger partial charge in [-0.1, -0.05) is 24.4 Å². The molecule has 0 aliphatic carbocycles. The van der Waals surface area contributed by atoms with E-state index in [1.165, 1.54) is 17.5 Å². The van der Waals surface area contributed by atoms with Crippen LogP contribution in [0.15, 0.2) is 35.4 Å². The molecule has 1 aromatic heterocycles. The van der Waals surface area contributed by atoms with Crippen molar-refractivity contribution in [1.29, 1.82) is 0 Å². The first-order valence-corrected chi connectivity index (χ1v) is 7.57. The number of aryl methyl sites for hydroxylation is 1. The summed E-state index contributed by atoms with van der Waals surface area (Å²) in [6, 6.07) is 6.75. The van der Waals surface area contributed by atoms with Crippen LogP contribution in [0.1, 0.15) is 11.3 Å². The molecule has 0 spiro atoms. The van der Waals surface area contributed by atoms with E-state index in [-0.39, 0.29) is 9.88 Å². The predicted octanol–water partition coefficient (Wildman–Crippen LogP) is 1.18. The Morgan fingerprint density at radius 3 is 2.70 bits per heavy atom. The highest BCUT2D eigenvalue weighted by Crippen LogP contribution is 2.23. The largest absolute Gasteiger partial charge is 0.389 e. The van der Waals surface area contributed by atoms with Crippen LogP contribution in [0.4, 0.5) is 5.69 Å². The van der Waals surface area contributed by atoms with Gasteiger partial charge in [-0.25, -0.2) is 8.42 Å². The van der Waals surface area contributed by atoms with Crippen molar-refractivity contribution in [3.8, 4) is 0 Å². The van der Waals surface area contributed by atoms with Gasteiger partial charge in [-0.05, 0) is 19.1 Å². The van der Waals surface area contributed by atoms with Crippen molar-refractivity contribution in [2.75, 3.05) is 11.4 Å². The van der Waals surface area contributed by atoms with Crippen molar-refractivity contribution in [2.24, 2.45) is 5.73 Å². The molecule has 0 aliphatic rings. The minimum Gasteiger partial charge on any atom is -0.389 e. The molecule has 0 saturated carbocycles. The van der Waals surface area contributed by atoms with E-state index in [4.69, 9.17) is 18.0 Å². The number of aromatic amines is 1. The average Bonchev–Trinajstić information content (AvgIpc) is 2.85. The second-order valence-electron chi connectivity index (χ2n) is 4.25. The number of nitrogens with one attached hydrogen (secondary N) is 1. The summed E-state index contributed by atoms with van der Waals surface area (Å²) >= 11 is 4.90. The molecular weight excluding hydrogens is 296 g/mol. The summed E-state index contributed by atoms with van der Waals surface area (Å²) in [5, 5.41) is 6.35. The maximum absolute atomic E-state index is 12.5. The van der Waals surface area contributed by atoms with E-state index in [2.05, 4.69) is 10.2 Å². The first-order chi connectivity index (χ1) is 9.34. The minimum atomic E-state index is -3.67. The Bertz CT molecular complexity index is 752. The lowest BCUT2D eigenvalue weighted by Crippen LogP contribution is -2.27. The maximum Gasteiger partial charge on any atom is 0.267 e. The van der Waals surface area contributed by atoms with E-state index in [1.807, 2.05) is 0 Å². The SMILES string of the molecule is Cc1[nH]ncc1S(=O)(=O)N(C)c1cccc(C(N)=S)c1. The van der Waals surface area contributed by atoms with E-state index in [9.17, 15) is 8.42 Å². The Kier molecular flexibility index (Phi) is 3.78. The van der Waals surface area contributed by atoms with Gasteiger partial charge in [0.05, 0.1) is 17.6 Å². The molecule has 0 aliphatic heterocycles. The number of H-pyrrole nitrogens is 1. The molecule has 0 radical (unpaired) electrons. The van der Waals surface area contributed by atoms with Gasteiger partial charge in [0.15, 0.2) is 0 Å². The van der Waals surface area contributed by atoms with Gasteiger partial charge in [0.2, 0.25) is 0 Å². The molecule has 0 bridgehead atoms. The van der Waals surface area contributed by atoms with Gasteiger partial charge in [-0.3, -0.25) is 9.40 Å². The Labute approximate surface area is 122 Å². The molecule has 0 fully saturated rings. The monoisotopic (exact) mass is 310 g/mol. The van der Waals surface area contributed by atoms with Crippen LogP contribution in [-0.4, -0.2) is 30.7 Å². The molecular formula is C12H14N4O2S2. The average molecular weight is 310 g/mol. The second-order valence-corrected chi connectivity index (χ2v) is 6.62. The summed E-state index contributed by atoms with van der Waals surface area (Å²) < 4.78 is 26.2. The fourth-order valence-corrected chi connectivity index (χ4v) is 3.17. The second kappa shape index (κ2) is 5.22. The van der Waals surface area contributed by atoms with E-state index < -0.39 is 10.0 Å². The summed E-state index contributed by atoms with van der Waals surface area (Å²) in [5.41, 5.74) is 7.14. The highest BCUT2D eigenvalue weighted by molar-refractivity contribution is 7.92. The number of nitrogens with zero attached hydrogens (tertiary/aromatic N) is 2. The summed E-state index contributed by atoms with van der Waals surface area (Å²) in [5.74, 6) is 0. The molecule has 1 heterocycles. The van der Waals surface area contributed by atoms with E-state index in [0.717, 1.165) is 0 Å². The number of rotatable bonds is 4. The van der Waals surface area contributed by atoms with Crippen LogP contribution in [0, 0.1) is 6.92 Å². The van der Waals surface area contributed by atoms with Gasteiger partial charge >= 0.3 is 0 Å². The lowest BCUT2D eigenvalue weighted by molar-refractivity contribution is 0.594. The molecule has 2 aromatic rings. The van der Waals surface area contributed by atoms with Crippen LogP contribution in [0.2, 0.25) is 0 Å². The van der Waals surface area contributed by atoms with Crippen LogP contribution < -0.4 is 10.0 Å². The lowest BCUT2D eigenvalue weighted by atomic mass is 10.2. The molecule has 3 N–H and O–H groups in total. The zero-order valence-corrected chi connectivity index (χ0v) is 12.6. The molecule has 6 nitrogen and oxygen atoms in total. The van der Waals surface area contributed by atoms with Crippen LogP contribution in [0.3, 0.4) is 0 Å². The molecule has 20 heavy (non-hydrogen) atoms. The van der Waals surface area contributed by atoms with Gasteiger partial charge in [-0.15, -0.1) is 0 Å². The van der Waals surface area contributed by atoms with Crippen molar-refractivity contribution in [1.82, 2.24) is 10.2 Å².